The minimum absolute atomic E-state index is 0.699. The molecule has 0 unspecified atom stereocenters. The van der Waals surface area contributed by atoms with Crippen LogP contribution in [0.1, 0.15) is 0 Å². The molecule has 1 aliphatic rings. The SMILES string of the molecule is c1ccc(-n2c3cc(-c4cccc(-c5nc(-c6cccc7ccccc67)c6ccc7ccccc7c6n5)c4)ccc3c3c4cccc5c4n(c32)-c2ccccc2O5)cc1. The number of nitrogens with zero attached hydrogens (tertiary/aromatic N) is 4. The monoisotopic (exact) mass is 752 g/mol. The van der Waals surface area contributed by atoms with Crippen molar-refractivity contribution in [1.29, 1.82) is 0 Å². The number of para-hydroxylation sites is 4. The Bertz CT molecular complexity index is 3700. The molecule has 13 rings (SSSR count). The van der Waals surface area contributed by atoms with Gasteiger partial charge in [0, 0.05) is 43.7 Å². The first-order valence-electron chi connectivity index (χ1n) is 20.0. The van der Waals surface area contributed by atoms with E-state index in [-0.39, 0.29) is 0 Å². The van der Waals surface area contributed by atoms with Gasteiger partial charge < -0.3 is 4.74 Å². The summed E-state index contributed by atoms with van der Waals surface area (Å²) in [7, 11) is 0. The summed E-state index contributed by atoms with van der Waals surface area (Å²) in [5.41, 5.74) is 11.6. The van der Waals surface area contributed by atoms with Crippen LogP contribution in [0.2, 0.25) is 0 Å². The second kappa shape index (κ2) is 12.2. The summed E-state index contributed by atoms with van der Waals surface area (Å²) >= 11 is 0. The number of hydrogen-bond donors (Lipinski definition) is 0. The van der Waals surface area contributed by atoms with Crippen LogP contribution in [0.15, 0.2) is 194 Å². The fourth-order valence-electron chi connectivity index (χ4n) is 9.46. The van der Waals surface area contributed by atoms with Crippen molar-refractivity contribution in [3.8, 4) is 56.6 Å². The highest BCUT2D eigenvalue weighted by Gasteiger charge is 2.28. The maximum Gasteiger partial charge on any atom is 0.160 e. The Morgan fingerprint density at radius 1 is 0.424 bits per heavy atom. The van der Waals surface area contributed by atoms with Crippen LogP contribution in [0, 0.1) is 0 Å². The van der Waals surface area contributed by atoms with Gasteiger partial charge in [-0.15, -0.1) is 0 Å². The Labute approximate surface area is 338 Å². The molecule has 5 heteroatoms. The number of benzene rings is 9. The van der Waals surface area contributed by atoms with Gasteiger partial charge in [0.1, 0.15) is 5.65 Å². The highest BCUT2D eigenvalue weighted by Crippen LogP contribution is 2.49. The molecule has 0 bridgehead atoms. The first-order valence-corrected chi connectivity index (χ1v) is 20.0. The van der Waals surface area contributed by atoms with Gasteiger partial charge in [0.15, 0.2) is 17.3 Å². The molecule has 0 radical (unpaired) electrons. The number of rotatable bonds is 4. The molecule has 0 fully saturated rings. The Hall–Kier alpha value is -8.02. The van der Waals surface area contributed by atoms with Gasteiger partial charge in [-0.2, -0.15) is 0 Å². The standard InChI is InChI=1S/C54H32N4O/c1-2-18-38(19-3-1)57-46-32-36(28-29-42(46)49-43-23-12-26-48-52(43)58(54(49)57)45-24-8-9-25-47(45)59-48)35-16-10-17-37(31-35)53-55-50-40-21-7-5-14-34(40)27-30-44(50)51(56-53)41-22-11-15-33-13-4-6-20-39(33)41/h1-32H. The highest BCUT2D eigenvalue weighted by molar-refractivity contribution is 6.24. The van der Waals surface area contributed by atoms with Crippen molar-refractivity contribution < 1.29 is 4.74 Å². The van der Waals surface area contributed by atoms with E-state index in [9.17, 15) is 0 Å². The first-order chi connectivity index (χ1) is 29.3. The van der Waals surface area contributed by atoms with Crippen LogP contribution < -0.4 is 4.74 Å². The minimum atomic E-state index is 0.699. The van der Waals surface area contributed by atoms with Crippen molar-refractivity contribution >= 4 is 65.3 Å². The second-order valence-corrected chi connectivity index (χ2v) is 15.3. The first kappa shape index (κ1) is 32.1. The third-order valence-corrected chi connectivity index (χ3v) is 12.1. The van der Waals surface area contributed by atoms with E-state index in [0.29, 0.717) is 5.82 Å². The lowest BCUT2D eigenvalue weighted by Crippen LogP contribution is -2.07. The lowest BCUT2D eigenvalue weighted by atomic mass is 9.97. The lowest BCUT2D eigenvalue weighted by molar-refractivity contribution is 0.476. The fourth-order valence-corrected chi connectivity index (χ4v) is 9.46. The van der Waals surface area contributed by atoms with Gasteiger partial charge in [0.2, 0.25) is 0 Å². The molecule has 59 heavy (non-hydrogen) atoms. The van der Waals surface area contributed by atoms with E-state index in [1.807, 2.05) is 6.07 Å². The van der Waals surface area contributed by atoms with Gasteiger partial charge in [-0.3, -0.25) is 9.13 Å². The zero-order chi connectivity index (χ0) is 38.6. The Morgan fingerprint density at radius 3 is 2.02 bits per heavy atom. The third-order valence-electron chi connectivity index (χ3n) is 12.1. The number of aromatic nitrogens is 4. The normalized spacial score (nSPS) is 12.2. The van der Waals surface area contributed by atoms with E-state index in [1.54, 1.807) is 0 Å². The summed E-state index contributed by atoms with van der Waals surface area (Å²) in [6.45, 7) is 0. The smallest absolute Gasteiger partial charge is 0.160 e. The van der Waals surface area contributed by atoms with Crippen molar-refractivity contribution in [2.75, 3.05) is 0 Å². The van der Waals surface area contributed by atoms with Crippen molar-refractivity contribution in [3.63, 3.8) is 0 Å². The number of fused-ring (bicyclic) bond motifs is 11. The maximum atomic E-state index is 6.49. The average molecular weight is 753 g/mol. The lowest BCUT2D eigenvalue weighted by Gasteiger charge is -2.21. The van der Waals surface area contributed by atoms with E-state index in [0.717, 1.165) is 89.2 Å². The Morgan fingerprint density at radius 2 is 1.10 bits per heavy atom. The van der Waals surface area contributed by atoms with E-state index in [2.05, 4.69) is 197 Å². The van der Waals surface area contributed by atoms with Crippen LogP contribution in [0.3, 0.4) is 0 Å². The summed E-state index contributed by atoms with van der Waals surface area (Å²) in [6, 6.07) is 68.8. The molecule has 0 saturated heterocycles. The highest BCUT2D eigenvalue weighted by atomic mass is 16.5. The van der Waals surface area contributed by atoms with E-state index in [4.69, 9.17) is 14.7 Å². The van der Waals surface area contributed by atoms with Crippen molar-refractivity contribution in [1.82, 2.24) is 19.1 Å². The summed E-state index contributed by atoms with van der Waals surface area (Å²) in [5, 5.41) is 9.23. The van der Waals surface area contributed by atoms with Crippen LogP contribution >= 0.6 is 0 Å². The number of hydrogen-bond acceptors (Lipinski definition) is 3. The predicted molar refractivity (Wildman–Crippen MR) is 242 cm³/mol. The predicted octanol–water partition coefficient (Wildman–Crippen LogP) is 14.1. The van der Waals surface area contributed by atoms with Crippen molar-refractivity contribution in [2.45, 2.75) is 0 Å². The molecular weight excluding hydrogens is 721 g/mol. The summed E-state index contributed by atoms with van der Waals surface area (Å²) in [4.78, 5) is 10.8. The van der Waals surface area contributed by atoms with Crippen LogP contribution in [0.4, 0.5) is 0 Å². The summed E-state index contributed by atoms with van der Waals surface area (Å²) < 4.78 is 11.3. The number of ether oxygens (including phenoxy) is 1. The summed E-state index contributed by atoms with van der Waals surface area (Å²) in [5.74, 6) is 2.41. The second-order valence-electron chi connectivity index (χ2n) is 15.3. The Balaban J connectivity index is 1.04. The van der Waals surface area contributed by atoms with E-state index >= 15 is 0 Å². The van der Waals surface area contributed by atoms with Gasteiger partial charge in [0.05, 0.1) is 27.9 Å². The molecule has 5 nitrogen and oxygen atoms in total. The van der Waals surface area contributed by atoms with Crippen molar-refractivity contribution in [3.05, 3.63) is 194 Å². The van der Waals surface area contributed by atoms with E-state index in [1.165, 1.54) is 26.9 Å². The van der Waals surface area contributed by atoms with Gasteiger partial charge in [-0.05, 0) is 75.8 Å². The molecule has 0 spiro atoms. The van der Waals surface area contributed by atoms with Crippen molar-refractivity contribution in [2.24, 2.45) is 0 Å². The zero-order valence-electron chi connectivity index (χ0n) is 31.7. The maximum absolute atomic E-state index is 6.49. The molecule has 9 aromatic carbocycles. The molecular formula is C54H32N4O. The zero-order valence-corrected chi connectivity index (χ0v) is 31.7. The molecule has 12 aromatic rings. The van der Waals surface area contributed by atoms with Gasteiger partial charge in [0.25, 0.3) is 0 Å². The van der Waals surface area contributed by atoms with Crippen LogP contribution in [-0.2, 0) is 0 Å². The molecule has 3 aromatic heterocycles. The minimum Gasteiger partial charge on any atom is -0.453 e. The van der Waals surface area contributed by atoms with Crippen LogP contribution in [-0.4, -0.2) is 19.1 Å². The van der Waals surface area contributed by atoms with Crippen LogP contribution in [0.5, 0.6) is 11.5 Å². The van der Waals surface area contributed by atoms with Gasteiger partial charge in [-0.25, -0.2) is 9.97 Å². The molecule has 1 aliphatic heterocycles. The largest absolute Gasteiger partial charge is 0.453 e. The summed E-state index contributed by atoms with van der Waals surface area (Å²) in [6.07, 6.45) is 0. The third kappa shape index (κ3) is 4.67. The van der Waals surface area contributed by atoms with Crippen LogP contribution in [0.25, 0.3) is 110 Å². The van der Waals surface area contributed by atoms with Gasteiger partial charge in [-0.1, -0.05) is 146 Å². The molecule has 274 valence electrons. The molecule has 0 atom stereocenters. The van der Waals surface area contributed by atoms with E-state index < -0.39 is 0 Å². The molecule has 0 amide bonds. The Kier molecular flexibility index (Phi) is 6.66. The quantitative estimate of drug-likeness (QED) is 0.168. The topological polar surface area (TPSA) is 44.9 Å². The average Bonchev–Trinajstić information content (AvgIpc) is 3.82. The molecule has 0 aliphatic carbocycles. The van der Waals surface area contributed by atoms with Gasteiger partial charge >= 0.3 is 0 Å². The molecule has 4 heterocycles. The molecule has 0 saturated carbocycles. The fraction of sp³-hybridized carbons (Fsp3) is 0. The molecule has 0 N–H and O–H groups in total.